The summed E-state index contributed by atoms with van der Waals surface area (Å²) < 4.78 is 0. The van der Waals surface area contributed by atoms with Crippen LogP contribution in [0.4, 0.5) is 0 Å². The van der Waals surface area contributed by atoms with Gasteiger partial charge in [0.15, 0.2) is 0 Å². The van der Waals surface area contributed by atoms with Crippen LogP contribution in [0.2, 0.25) is 0 Å². The Morgan fingerprint density at radius 2 is 2.00 bits per heavy atom. The van der Waals surface area contributed by atoms with Crippen LogP contribution in [-0.4, -0.2) is 35.2 Å². The summed E-state index contributed by atoms with van der Waals surface area (Å²) in [5, 5.41) is 2.98. The molecule has 0 saturated carbocycles. The molecule has 0 aromatic heterocycles. The summed E-state index contributed by atoms with van der Waals surface area (Å²) in [6, 6.07) is 9.08. The molecule has 1 aromatic carbocycles. The van der Waals surface area contributed by atoms with Crippen LogP contribution in [0.15, 0.2) is 30.3 Å². The van der Waals surface area contributed by atoms with Crippen LogP contribution in [0.3, 0.4) is 0 Å². The number of amides is 2. The Bertz CT molecular complexity index is 436. The number of hydrogen-bond donors (Lipinski definition) is 1. The van der Waals surface area contributed by atoms with Crippen molar-refractivity contribution in [1.29, 1.82) is 0 Å². The fraction of sp³-hybridized carbons (Fsp3) is 0.385. The van der Waals surface area contributed by atoms with Gasteiger partial charge in [0.05, 0.1) is 19.0 Å². The van der Waals surface area contributed by atoms with E-state index in [1.165, 1.54) is 4.90 Å². The van der Waals surface area contributed by atoms with E-state index in [1.54, 1.807) is 0 Å². The topological polar surface area (TPSA) is 49.4 Å². The molecular weight excluding hydrogens is 252 g/mol. The molecule has 1 aliphatic heterocycles. The summed E-state index contributed by atoms with van der Waals surface area (Å²) in [7, 11) is 0. The third kappa shape index (κ3) is 2.89. The number of likely N-dealkylation sites (tertiary alicyclic amines) is 1. The second-order valence-corrected chi connectivity index (χ2v) is 4.58. The van der Waals surface area contributed by atoms with Crippen LogP contribution >= 0.6 is 11.6 Å². The SMILES string of the molecule is O=C1C[C@H](NCCCl)C(=O)N1Cc1ccccc1. The Hall–Kier alpha value is -1.39. The highest BCUT2D eigenvalue weighted by atomic mass is 35.5. The number of carbonyl (C=O) groups excluding carboxylic acids is 2. The summed E-state index contributed by atoms with van der Waals surface area (Å²) in [5.41, 5.74) is 0.956. The van der Waals surface area contributed by atoms with E-state index < -0.39 is 6.04 Å². The first-order valence-corrected chi connectivity index (χ1v) is 6.43. The summed E-state index contributed by atoms with van der Waals surface area (Å²) in [6.07, 6.45) is 0.225. The lowest BCUT2D eigenvalue weighted by atomic mass is 10.2. The Balaban J connectivity index is 2.01. The minimum atomic E-state index is -0.417. The average Bonchev–Trinajstić information content (AvgIpc) is 2.65. The second kappa shape index (κ2) is 5.98. The zero-order valence-corrected chi connectivity index (χ0v) is 10.7. The van der Waals surface area contributed by atoms with Gasteiger partial charge in [-0.3, -0.25) is 14.5 Å². The second-order valence-electron chi connectivity index (χ2n) is 4.20. The maximum Gasteiger partial charge on any atom is 0.247 e. The monoisotopic (exact) mass is 266 g/mol. The summed E-state index contributed by atoms with van der Waals surface area (Å²) in [5.74, 6) is 0.140. The molecule has 4 nitrogen and oxygen atoms in total. The van der Waals surface area contributed by atoms with Crippen LogP contribution in [0.25, 0.3) is 0 Å². The molecule has 1 fully saturated rings. The van der Waals surface area contributed by atoms with E-state index in [0.29, 0.717) is 19.0 Å². The van der Waals surface area contributed by atoms with Crippen molar-refractivity contribution in [2.45, 2.75) is 19.0 Å². The lowest BCUT2D eigenvalue weighted by Crippen LogP contribution is -2.39. The molecule has 0 aliphatic carbocycles. The van der Waals surface area contributed by atoms with Gasteiger partial charge in [-0.05, 0) is 5.56 Å². The molecule has 0 unspecified atom stereocenters. The van der Waals surface area contributed by atoms with Crippen molar-refractivity contribution in [2.24, 2.45) is 0 Å². The van der Waals surface area contributed by atoms with Crippen LogP contribution in [0.5, 0.6) is 0 Å². The minimum Gasteiger partial charge on any atom is -0.304 e. The summed E-state index contributed by atoms with van der Waals surface area (Å²) >= 11 is 5.56. The predicted octanol–water partition coefficient (Wildman–Crippen LogP) is 1.14. The summed E-state index contributed by atoms with van der Waals surface area (Å²) in [4.78, 5) is 25.1. The molecule has 2 amide bonds. The standard InChI is InChI=1S/C13H15ClN2O2/c14-6-7-15-11-8-12(17)16(13(11)18)9-10-4-2-1-3-5-10/h1-5,11,15H,6-9H2/t11-/m0/s1. The van der Waals surface area contributed by atoms with Crippen molar-refractivity contribution in [2.75, 3.05) is 12.4 Å². The lowest BCUT2D eigenvalue weighted by Gasteiger charge is -2.15. The van der Waals surface area contributed by atoms with Gasteiger partial charge in [0, 0.05) is 12.4 Å². The average molecular weight is 267 g/mol. The van der Waals surface area contributed by atoms with Gasteiger partial charge in [0.2, 0.25) is 11.8 Å². The largest absolute Gasteiger partial charge is 0.304 e. The van der Waals surface area contributed by atoms with Gasteiger partial charge in [-0.25, -0.2) is 0 Å². The molecule has 2 rings (SSSR count). The molecule has 0 radical (unpaired) electrons. The Morgan fingerprint density at radius 1 is 1.28 bits per heavy atom. The van der Waals surface area contributed by atoms with E-state index >= 15 is 0 Å². The number of hydrogen-bond acceptors (Lipinski definition) is 3. The normalized spacial score (nSPS) is 19.6. The zero-order chi connectivity index (χ0) is 13.0. The van der Waals surface area contributed by atoms with Crippen LogP contribution in [-0.2, 0) is 16.1 Å². The van der Waals surface area contributed by atoms with Crippen molar-refractivity contribution < 1.29 is 9.59 Å². The van der Waals surface area contributed by atoms with Crippen molar-refractivity contribution in [3.63, 3.8) is 0 Å². The minimum absolute atomic E-state index is 0.129. The fourth-order valence-corrected chi connectivity index (χ4v) is 2.11. The smallest absolute Gasteiger partial charge is 0.247 e. The molecule has 1 aliphatic rings. The van der Waals surface area contributed by atoms with Crippen LogP contribution in [0, 0.1) is 0 Å². The van der Waals surface area contributed by atoms with Crippen molar-refractivity contribution in [3.05, 3.63) is 35.9 Å². The van der Waals surface area contributed by atoms with Crippen molar-refractivity contribution >= 4 is 23.4 Å². The molecular formula is C13H15ClN2O2. The molecule has 1 aromatic rings. The molecule has 1 N–H and O–H groups in total. The lowest BCUT2D eigenvalue weighted by molar-refractivity contribution is -0.139. The number of alkyl halides is 1. The third-order valence-corrected chi connectivity index (χ3v) is 3.10. The van der Waals surface area contributed by atoms with Gasteiger partial charge in [0.1, 0.15) is 0 Å². The molecule has 1 saturated heterocycles. The van der Waals surface area contributed by atoms with Crippen molar-refractivity contribution in [3.8, 4) is 0 Å². The van der Waals surface area contributed by atoms with E-state index in [-0.39, 0.29) is 18.2 Å². The molecule has 1 heterocycles. The van der Waals surface area contributed by atoms with Gasteiger partial charge < -0.3 is 5.32 Å². The van der Waals surface area contributed by atoms with Gasteiger partial charge in [-0.2, -0.15) is 0 Å². The molecule has 0 bridgehead atoms. The molecule has 96 valence electrons. The highest BCUT2D eigenvalue weighted by Gasteiger charge is 2.37. The third-order valence-electron chi connectivity index (χ3n) is 2.91. The maximum absolute atomic E-state index is 12.0. The first kappa shape index (κ1) is 13.1. The Labute approximate surface area is 111 Å². The number of nitrogens with one attached hydrogen (secondary N) is 1. The number of halogens is 1. The van der Waals surface area contributed by atoms with Gasteiger partial charge in [-0.15, -0.1) is 11.6 Å². The fourth-order valence-electron chi connectivity index (χ4n) is 2.00. The van der Waals surface area contributed by atoms with E-state index in [2.05, 4.69) is 5.32 Å². The predicted molar refractivity (Wildman–Crippen MR) is 69.1 cm³/mol. The van der Waals surface area contributed by atoms with E-state index in [1.807, 2.05) is 30.3 Å². The quantitative estimate of drug-likeness (QED) is 0.642. The maximum atomic E-state index is 12.0. The van der Waals surface area contributed by atoms with Crippen LogP contribution in [0.1, 0.15) is 12.0 Å². The van der Waals surface area contributed by atoms with E-state index in [9.17, 15) is 9.59 Å². The van der Waals surface area contributed by atoms with E-state index in [0.717, 1.165) is 5.56 Å². The first-order chi connectivity index (χ1) is 8.72. The van der Waals surface area contributed by atoms with Gasteiger partial charge in [-0.1, -0.05) is 30.3 Å². The van der Waals surface area contributed by atoms with Crippen molar-refractivity contribution in [1.82, 2.24) is 10.2 Å². The van der Waals surface area contributed by atoms with E-state index in [4.69, 9.17) is 11.6 Å². The molecule has 5 heteroatoms. The number of imide groups is 1. The highest BCUT2D eigenvalue weighted by molar-refractivity contribution is 6.18. The molecule has 18 heavy (non-hydrogen) atoms. The Morgan fingerprint density at radius 3 is 2.67 bits per heavy atom. The molecule has 0 spiro atoms. The van der Waals surface area contributed by atoms with Gasteiger partial charge in [0.25, 0.3) is 0 Å². The number of rotatable bonds is 5. The highest BCUT2D eigenvalue weighted by Crippen LogP contribution is 2.16. The number of nitrogens with zero attached hydrogens (tertiary/aromatic N) is 1. The first-order valence-electron chi connectivity index (χ1n) is 5.90. The number of carbonyl (C=O) groups is 2. The Kier molecular flexibility index (Phi) is 4.33. The van der Waals surface area contributed by atoms with Gasteiger partial charge >= 0.3 is 0 Å². The molecule has 1 atom stereocenters. The number of benzene rings is 1. The summed E-state index contributed by atoms with van der Waals surface area (Å²) in [6.45, 7) is 0.877. The zero-order valence-electron chi connectivity index (χ0n) is 9.93. The van der Waals surface area contributed by atoms with Crippen LogP contribution < -0.4 is 5.32 Å².